The lowest BCUT2D eigenvalue weighted by Crippen LogP contribution is -2.61. The molecule has 1 saturated heterocycles. The van der Waals surface area contributed by atoms with Gasteiger partial charge in [-0.3, -0.25) is 9.59 Å². The number of ether oxygens (including phenoxy) is 3. The van der Waals surface area contributed by atoms with Crippen LogP contribution in [-0.4, -0.2) is 99.6 Å². The molecule has 0 aliphatic carbocycles. The Kier molecular flexibility index (Phi) is 50.8. The number of nitrogens with one attached hydrogen (secondary N) is 1. The molecule has 0 radical (unpaired) electrons. The van der Waals surface area contributed by atoms with E-state index in [9.17, 15) is 35.1 Å². The minimum absolute atomic E-state index is 0.113. The third-order valence-electron chi connectivity index (χ3n) is 14.7. The van der Waals surface area contributed by atoms with E-state index in [1.807, 2.05) is 60.8 Å². The highest BCUT2D eigenvalue weighted by Gasteiger charge is 2.47. The first-order valence-corrected chi connectivity index (χ1v) is 31.9. The molecule has 0 aromatic rings. The van der Waals surface area contributed by atoms with Crippen LogP contribution in [0.15, 0.2) is 85.1 Å². The van der Waals surface area contributed by atoms with Crippen molar-refractivity contribution in [2.24, 2.45) is 0 Å². The Labute approximate surface area is 476 Å². The van der Waals surface area contributed by atoms with E-state index in [2.05, 4.69) is 44.3 Å². The summed E-state index contributed by atoms with van der Waals surface area (Å²) >= 11 is 0. The largest absolute Gasteiger partial charge is 0.454 e. The van der Waals surface area contributed by atoms with Gasteiger partial charge in [-0.1, -0.05) is 279 Å². The van der Waals surface area contributed by atoms with E-state index in [1.165, 1.54) is 167 Å². The molecule has 1 aliphatic heterocycles. The molecular formula is C67H117NO10. The Balaban J connectivity index is 2.60. The van der Waals surface area contributed by atoms with Crippen LogP contribution in [0.3, 0.4) is 0 Å². The highest BCUT2D eigenvalue weighted by Crippen LogP contribution is 2.26. The maximum absolute atomic E-state index is 13.3. The number of amides is 1. The summed E-state index contributed by atoms with van der Waals surface area (Å²) in [6, 6.07) is -1.06. The van der Waals surface area contributed by atoms with Crippen LogP contribution in [0.5, 0.6) is 0 Å². The van der Waals surface area contributed by atoms with Crippen molar-refractivity contribution in [1.29, 1.82) is 0 Å². The van der Waals surface area contributed by atoms with Gasteiger partial charge in [0.1, 0.15) is 24.4 Å². The first-order chi connectivity index (χ1) is 38.2. The van der Waals surface area contributed by atoms with Gasteiger partial charge in [-0.2, -0.15) is 0 Å². The van der Waals surface area contributed by atoms with Crippen molar-refractivity contribution in [2.75, 3.05) is 13.2 Å². The van der Waals surface area contributed by atoms with E-state index in [0.29, 0.717) is 12.8 Å². The predicted molar refractivity (Wildman–Crippen MR) is 324 cm³/mol. The van der Waals surface area contributed by atoms with Gasteiger partial charge in [0.2, 0.25) is 5.91 Å². The zero-order valence-corrected chi connectivity index (χ0v) is 49.8. The Bertz CT molecular complexity index is 1590. The van der Waals surface area contributed by atoms with E-state index in [0.717, 1.165) is 51.4 Å². The van der Waals surface area contributed by atoms with Crippen LogP contribution >= 0.6 is 0 Å². The molecule has 11 heteroatoms. The number of esters is 1. The average molecular weight is 1100 g/mol. The molecule has 8 atom stereocenters. The smallest absolute Gasteiger partial charge is 0.306 e. The number of aliphatic hydroxyl groups excluding tert-OH is 5. The number of allylic oxidation sites excluding steroid dienone is 13. The number of rotatable bonds is 53. The summed E-state index contributed by atoms with van der Waals surface area (Å²) in [5.41, 5.74) is 0. The molecule has 0 bridgehead atoms. The van der Waals surface area contributed by atoms with Gasteiger partial charge < -0.3 is 45.1 Å². The molecule has 6 N–H and O–H groups in total. The lowest BCUT2D eigenvalue weighted by atomic mass is 9.99. The van der Waals surface area contributed by atoms with E-state index in [4.69, 9.17) is 14.2 Å². The number of hydrogen-bond donors (Lipinski definition) is 6. The highest BCUT2D eigenvalue weighted by atomic mass is 16.7. The van der Waals surface area contributed by atoms with Crippen LogP contribution in [0.25, 0.3) is 0 Å². The quantitative estimate of drug-likeness (QED) is 0.0149. The zero-order valence-electron chi connectivity index (χ0n) is 49.8. The molecule has 1 heterocycles. The lowest BCUT2D eigenvalue weighted by Gasteiger charge is -2.41. The molecule has 0 spiro atoms. The second-order valence-corrected chi connectivity index (χ2v) is 21.9. The highest BCUT2D eigenvalue weighted by molar-refractivity contribution is 5.80. The maximum Gasteiger partial charge on any atom is 0.306 e. The first-order valence-electron chi connectivity index (χ1n) is 31.9. The summed E-state index contributed by atoms with van der Waals surface area (Å²) in [5.74, 6) is -1.27. The number of unbranched alkanes of at least 4 members (excludes halogenated alkanes) is 31. The average Bonchev–Trinajstić information content (AvgIpc) is 3.45. The van der Waals surface area contributed by atoms with Gasteiger partial charge in [-0.15, -0.1) is 0 Å². The van der Waals surface area contributed by atoms with E-state index in [-0.39, 0.29) is 19.4 Å². The SMILES string of the molecule is CC/C=C/C=C/C=C\C=C/C=C/CCC(O)C(=O)NC(COC1OC(CO)C(O)C(O)C1OC(=O)CCCCCCCCCCCCCCCCC/C=C/CCCCCCCC)C(O)/C=C/CCCCCCCCCCCC. The fourth-order valence-electron chi connectivity index (χ4n) is 9.62. The molecule has 450 valence electrons. The molecule has 1 amide bonds. The number of carbonyl (C=O) groups excluding carboxylic acids is 2. The van der Waals surface area contributed by atoms with Crippen molar-refractivity contribution < 1.29 is 49.3 Å². The molecule has 0 saturated carbocycles. The van der Waals surface area contributed by atoms with Gasteiger partial charge in [0.15, 0.2) is 12.4 Å². The number of aliphatic hydroxyl groups is 5. The minimum Gasteiger partial charge on any atom is -0.454 e. The van der Waals surface area contributed by atoms with Crippen molar-refractivity contribution >= 4 is 11.9 Å². The van der Waals surface area contributed by atoms with Crippen LogP contribution < -0.4 is 5.32 Å². The van der Waals surface area contributed by atoms with Gasteiger partial charge in [-0.05, 0) is 64.2 Å². The predicted octanol–water partition coefficient (Wildman–Crippen LogP) is 15.3. The fraction of sp³-hybridized carbons (Fsp3) is 0.761. The minimum atomic E-state index is -1.63. The first kappa shape index (κ1) is 72.9. The fourth-order valence-corrected chi connectivity index (χ4v) is 9.62. The summed E-state index contributed by atoms with van der Waals surface area (Å²) < 4.78 is 17.6. The van der Waals surface area contributed by atoms with Crippen LogP contribution in [0.2, 0.25) is 0 Å². The van der Waals surface area contributed by atoms with Crippen molar-refractivity contribution in [3.63, 3.8) is 0 Å². The normalized spacial score (nSPS) is 19.5. The second-order valence-electron chi connectivity index (χ2n) is 21.9. The van der Waals surface area contributed by atoms with Crippen LogP contribution in [0.1, 0.15) is 265 Å². The standard InChI is InChI=1S/C67H117NO10/c1-4-7-10-13-16-19-22-25-26-27-28-29-30-31-32-33-34-35-36-37-40-43-46-49-52-55-62(72)78-65-64(74)63(73)61(56-69)77-67(65)76-57-58(59(70)53-50-47-44-41-38-23-20-17-14-11-8-5-2)68-66(75)60(71)54-51-48-45-42-39-24-21-18-15-12-9-6-3/h9,12,15,18,21,24-26,39,42,45,48,50,53,58-61,63-65,67,69-71,73-74H,4-8,10-11,13-14,16-17,19-20,22-23,27-38,40-41,43-44,46-47,49,51-52,54-57H2,1-3H3,(H,68,75)/b12-9+,18-15+,24-21-,26-25+,42-39-,48-45+,53-50+. The molecule has 11 nitrogen and oxygen atoms in total. The molecule has 78 heavy (non-hydrogen) atoms. The Morgan fingerprint density at radius 1 is 0.513 bits per heavy atom. The summed E-state index contributed by atoms with van der Waals surface area (Å²) in [7, 11) is 0. The van der Waals surface area contributed by atoms with Gasteiger partial charge in [0.05, 0.1) is 25.4 Å². The Hall–Kier alpha value is -3.16. The third-order valence-corrected chi connectivity index (χ3v) is 14.7. The molecule has 8 unspecified atom stereocenters. The summed E-state index contributed by atoms with van der Waals surface area (Å²) in [6.45, 7) is 5.59. The molecule has 0 aromatic carbocycles. The topological polar surface area (TPSA) is 175 Å². The van der Waals surface area contributed by atoms with Crippen LogP contribution in [0.4, 0.5) is 0 Å². The monoisotopic (exact) mass is 1100 g/mol. The molecule has 1 fully saturated rings. The molecule has 1 aliphatic rings. The van der Waals surface area contributed by atoms with E-state index >= 15 is 0 Å². The summed E-state index contributed by atoms with van der Waals surface area (Å²) in [4.78, 5) is 26.5. The van der Waals surface area contributed by atoms with Crippen molar-refractivity contribution in [2.45, 2.75) is 314 Å². The lowest BCUT2D eigenvalue weighted by molar-refractivity contribution is -0.305. The van der Waals surface area contributed by atoms with Crippen LogP contribution in [-0.2, 0) is 23.8 Å². The Morgan fingerprint density at radius 2 is 0.936 bits per heavy atom. The van der Waals surface area contributed by atoms with Crippen molar-refractivity contribution in [3.05, 3.63) is 85.1 Å². The molecule has 1 rings (SSSR count). The molecular weight excluding hydrogens is 979 g/mol. The maximum atomic E-state index is 13.3. The number of carbonyl (C=O) groups is 2. The van der Waals surface area contributed by atoms with Crippen molar-refractivity contribution in [1.82, 2.24) is 5.32 Å². The van der Waals surface area contributed by atoms with Gasteiger partial charge in [0.25, 0.3) is 0 Å². The Morgan fingerprint density at radius 3 is 1.40 bits per heavy atom. The zero-order chi connectivity index (χ0) is 56.8. The van der Waals surface area contributed by atoms with Crippen LogP contribution in [0, 0.1) is 0 Å². The van der Waals surface area contributed by atoms with Gasteiger partial charge >= 0.3 is 5.97 Å². The van der Waals surface area contributed by atoms with Gasteiger partial charge in [0, 0.05) is 6.42 Å². The van der Waals surface area contributed by atoms with Gasteiger partial charge in [-0.25, -0.2) is 0 Å². The number of hydrogen-bond acceptors (Lipinski definition) is 10. The third kappa shape index (κ3) is 41.8. The van der Waals surface area contributed by atoms with Crippen molar-refractivity contribution in [3.8, 4) is 0 Å². The second kappa shape index (κ2) is 54.4. The summed E-state index contributed by atoms with van der Waals surface area (Å²) in [5, 5.41) is 56.8. The van der Waals surface area contributed by atoms with E-state index in [1.54, 1.807) is 6.08 Å². The van der Waals surface area contributed by atoms with E-state index < -0.39 is 67.4 Å². The summed E-state index contributed by atoms with van der Waals surface area (Å²) in [6.07, 6.45) is 60.9. The molecule has 0 aromatic heterocycles.